The number of phenols is 1. The highest BCUT2D eigenvalue weighted by molar-refractivity contribution is 5.83. The summed E-state index contributed by atoms with van der Waals surface area (Å²) in [5.41, 5.74) is 14.2. The van der Waals surface area contributed by atoms with Gasteiger partial charge in [0, 0.05) is 51.7 Å². The lowest BCUT2D eigenvalue weighted by molar-refractivity contribution is -0.165. The van der Waals surface area contributed by atoms with Gasteiger partial charge >= 0.3 is 11.9 Å². The molecule has 69 heavy (non-hydrogen) atoms. The zero-order chi connectivity index (χ0) is 51.4. The molecular weight excluding hydrogens is 877 g/mol. The number of pyridine rings is 2. The van der Waals surface area contributed by atoms with Crippen LogP contribution in [0, 0.1) is 27.7 Å². The van der Waals surface area contributed by atoms with Crippen LogP contribution in [0.15, 0.2) is 103 Å². The van der Waals surface area contributed by atoms with Crippen LogP contribution in [-0.4, -0.2) is 118 Å². The maximum atomic E-state index is 12.3. The van der Waals surface area contributed by atoms with Gasteiger partial charge in [-0.3, -0.25) is 9.59 Å². The number of aliphatic hydroxyl groups is 2. The standard InChI is InChI=1S/2C19H21N3O.C12H18O.C4H6O6/c2*1-13-5-8-15(9-6-13)19-16(11-18(23)21(3)4)22-12-14(2)7-10-17(22)20-19;1-8(2)10-6-5-7-11(9(3)4)12(10)13;5-1(3(7)8)2(6)4(9)10/h2*5-10,12H,11H2,1-4H3;5-9,13H,1-4H3;1-2,5-6H,(H,7,8)(H,9,10). The molecular formula is C54H66N6O9. The number of aromatic hydroxyl groups is 1. The molecule has 15 nitrogen and oxygen atoms in total. The van der Waals surface area contributed by atoms with Crippen LogP contribution in [-0.2, 0) is 32.0 Å². The van der Waals surface area contributed by atoms with Gasteiger partial charge in [-0.2, -0.15) is 0 Å². The second-order valence-corrected chi connectivity index (χ2v) is 18.0. The molecule has 0 bridgehead atoms. The first kappa shape index (κ1) is 54.2. The van der Waals surface area contributed by atoms with E-state index in [1.165, 1.54) is 11.1 Å². The zero-order valence-corrected chi connectivity index (χ0v) is 41.6. The summed E-state index contributed by atoms with van der Waals surface area (Å²) in [6.45, 7) is 16.6. The number of likely N-dealkylation sites (N-methyl/N-ethyl adjacent to an activating group) is 2. The Morgan fingerprint density at radius 2 is 0.841 bits per heavy atom. The van der Waals surface area contributed by atoms with Gasteiger partial charge in [0.15, 0.2) is 12.2 Å². The number of carbonyl (C=O) groups is 4. The number of imidazole rings is 2. The molecule has 0 saturated heterocycles. The van der Waals surface area contributed by atoms with Gasteiger partial charge in [0.25, 0.3) is 0 Å². The molecule has 15 heteroatoms. The van der Waals surface area contributed by atoms with Crippen molar-refractivity contribution in [2.45, 2.75) is 92.3 Å². The third kappa shape index (κ3) is 14.3. The molecule has 0 fully saturated rings. The fourth-order valence-corrected chi connectivity index (χ4v) is 7.01. The number of hydrogen-bond donors (Lipinski definition) is 5. The number of benzene rings is 3. The summed E-state index contributed by atoms with van der Waals surface area (Å²) in [7, 11) is 7.12. The van der Waals surface area contributed by atoms with E-state index in [2.05, 4.69) is 90.1 Å². The van der Waals surface area contributed by atoms with E-state index in [1.54, 1.807) is 38.0 Å². The Labute approximate surface area is 404 Å². The van der Waals surface area contributed by atoms with Crippen LogP contribution in [0.2, 0.25) is 0 Å². The van der Waals surface area contributed by atoms with Crippen molar-refractivity contribution in [3.05, 3.63) is 148 Å². The SMILES string of the molecule is CC(C)c1cccc(C(C)C)c1O.Cc1ccc(-c2nc3ccc(C)cn3c2CC(=O)N(C)C)cc1.Cc1ccc(-c2nc3ccc(C)cn3c2CC(=O)N(C)C)cc1.O=C(O)C(O)C(O)C(=O)O. The zero-order valence-electron chi connectivity index (χ0n) is 41.6. The van der Waals surface area contributed by atoms with E-state index >= 15 is 0 Å². The van der Waals surface area contributed by atoms with Gasteiger partial charge in [-0.1, -0.05) is 118 Å². The monoisotopic (exact) mass is 942 g/mol. The minimum atomic E-state index is -2.27. The van der Waals surface area contributed by atoms with Crippen molar-refractivity contribution in [3.8, 4) is 28.3 Å². The largest absolute Gasteiger partial charge is 0.507 e. The third-order valence-corrected chi connectivity index (χ3v) is 11.2. The number of carbonyl (C=O) groups excluding carboxylic acids is 2. The molecule has 5 N–H and O–H groups in total. The van der Waals surface area contributed by atoms with Gasteiger partial charge in [-0.25, -0.2) is 19.6 Å². The van der Waals surface area contributed by atoms with Gasteiger partial charge in [0.1, 0.15) is 17.0 Å². The number of carboxylic acid groups (broad SMARTS) is 2. The lowest BCUT2D eigenvalue weighted by atomic mass is 9.94. The van der Waals surface area contributed by atoms with Gasteiger partial charge in [-0.05, 0) is 73.9 Å². The third-order valence-electron chi connectivity index (χ3n) is 11.2. The fourth-order valence-electron chi connectivity index (χ4n) is 7.01. The molecule has 0 saturated carbocycles. The summed E-state index contributed by atoms with van der Waals surface area (Å²) in [6, 6.07) is 30.6. The number of fused-ring (bicyclic) bond motifs is 2. The Kier molecular flexibility index (Phi) is 18.9. The van der Waals surface area contributed by atoms with Crippen molar-refractivity contribution in [1.82, 2.24) is 28.6 Å². The molecule has 2 atom stereocenters. The molecule has 0 aliphatic rings. The number of aliphatic hydroxyl groups excluding tert-OH is 2. The van der Waals surface area contributed by atoms with E-state index in [4.69, 9.17) is 30.4 Å². The van der Waals surface area contributed by atoms with Crippen LogP contribution in [0.3, 0.4) is 0 Å². The first-order chi connectivity index (χ1) is 32.4. The number of rotatable bonds is 11. The summed E-state index contributed by atoms with van der Waals surface area (Å²) in [5.74, 6) is -2.14. The molecule has 0 aliphatic heterocycles. The molecule has 0 aliphatic carbocycles. The van der Waals surface area contributed by atoms with E-state index < -0.39 is 24.1 Å². The number of aliphatic carboxylic acids is 2. The molecule has 2 amide bonds. The number of nitrogens with zero attached hydrogens (tertiary/aromatic N) is 6. The average Bonchev–Trinajstić information content (AvgIpc) is 3.83. The van der Waals surface area contributed by atoms with E-state index in [1.807, 2.05) is 77.5 Å². The molecule has 4 aromatic heterocycles. The number of amides is 2. The second-order valence-electron chi connectivity index (χ2n) is 18.0. The summed E-state index contributed by atoms with van der Waals surface area (Å²) in [5, 5.41) is 42.5. The number of phenolic OH excluding ortho intramolecular Hbond substituents is 1. The molecule has 3 aromatic carbocycles. The predicted molar refractivity (Wildman–Crippen MR) is 269 cm³/mol. The lowest BCUT2D eigenvalue weighted by Gasteiger charge is -2.14. The Bertz CT molecular complexity index is 2690. The van der Waals surface area contributed by atoms with Gasteiger partial charge in [0.2, 0.25) is 11.8 Å². The number of para-hydroxylation sites is 1. The number of aryl methyl sites for hydroxylation is 4. The van der Waals surface area contributed by atoms with Crippen LogP contribution in [0.5, 0.6) is 5.75 Å². The molecule has 7 rings (SSSR count). The van der Waals surface area contributed by atoms with Crippen LogP contribution in [0.1, 0.15) is 84.3 Å². The van der Waals surface area contributed by atoms with Crippen LogP contribution in [0.25, 0.3) is 33.8 Å². The normalized spacial score (nSPS) is 11.7. The Hall–Kier alpha value is -7.36. The maximum Gasteiger partial charge on any atom is 0.335 e. The minimum Gasteiger partial charge on any atom is -0.507 e. The fraction of sp³-hybridized carbons (Fsp3) is 0.333. The highest BCUT2D eigenvalue weighted by Crippen LogP contribution is 2.33. The molecule has 7 aromatic rings. The smallest absolute Gasteiger partial charge is 0.335 e. The van der Waals surface area contributed by atoms with Gasteiger partial charge in [0.05, 0.1) is 35.6 Å². The van der Waals surface area contributed by atoms with E-state index in [0.717, 1.165) is 67.5 Å². The van der Waals surface area contributed by atoms with E-state index in [-0.39, 0.29) is 11.8 Å². The Morgan fingerprint density at radius 1 is 0.522 bits per heavy atom. The molecule has 0 spiro atoms. The highest BCUT2D eigenvalue weighted by Gasteiger charge is 2.29. The van der Waals surface area contributed by atoms with Crippen molar-refractivity contribution >= 4 is 35.0 Å². The van der Waals surface area contributed by atoms with Crippen molar-refractivity contribution in [2.24, 2.45) is 0 Å². The lowest BCUT2D eigenvalue weighted by Crippen LogP contribution is -2.39. The maximum absolute atomic E-state index is 12.3. The molecule has 0 radical (unpaired) electrons. The molecule has 2 unspecified atom stereocenters. The van der Waals surface area contributed by atoms with Crippen molar-refractivity contribution in [2.75, 3.05) is 28.2 Å². The molecule has 366 valence electrons. The second kappa shape index (κ2) is 24.1. The first-order valence-corrected chi connectivity index (χ1v) is 22.5. The minimum absolute atomic E-state index is 0.0710. The predicted octanol–water partition coefficient (Wildman–Crippen LogP) is 8.01. The topological polar surface area (TPSA) is 211 Å². The van der Waals surface area contributed by atoms with Crippen molar-refractivity contribution < 1.29 is 44.7 Å². The van der Waals surface area contributed by atoms with E-state index in [0.29, 0.717) is 30.4 Å². The van der Waals surface area contributed by atoms with Crippen LogP contribution < -0.4 is 0 Å². The summed E-state index contributed by atoms with van der Waals surface area (Å²) in [6.07, 6.45) is 0.216. The van der Waals surface area contributed by atoms with Crippen LogP contribution in [0.4, 0.5) is 0 Å². The quantitative estimate of drug-likeness (QED) is 0.0839. The first-order valence-electron chi connectivity index (χ1n) is 22.5. The van der Waals surface area contributed by atoms with Gasteiger partial charge in [-0.15, -0.1) is 0 Å². The van der Waals surface area contributed by atoms with Crippen molar-refractivity contribution in [3.63, 3.8) is 0 Å². The van der Waals surface area contributed by atoms with Gasteiger partial charge < -0.3 is 44.1 Å². The number of hydrogen-bond acceptors (Lipinski definition) is 9. The van der Waals surface area contributed by atoms with Crippen molar-refractivity contribution in [1.29, 1.82) is 0 Å². The average molecular weight is 943 g/mol. The summed E-state index contributed by atoms with van der Waals surface area (Å²) < 4.78 is 4.07. The summed E-state index contributed by atoms with van der Waals surface area (Å²) >= 11 is 0. The highest BCUT2D eigenvalue weighted by atomic mass is 16.4. The Balaban J connectivity index is 0.000000212. The Morgan fingerprint density at radius 3 is 1.13 bits per heavy atom. The van der Waals surface area contributed by atoms with Crippen LogP contribution >= 0.6 is 0 Å². The number of carboxylic acids is 2. The summed E-state index contributed by atoms with van der Waals surface area (Å²) in [4.78, 5) is 56.8. The molecule has 4 heterocycles. The van der Waals surface area contributed by atoms with E-state index in [9.17, 15) is 24.3 Å². The number of aromatic nitrogens is 4.